The number of hydrogen-bond acceptors (Lipinski definition) is 3. The minimum atomic E-state index is -0.755. The number of hydrogen-bond donors (Lipinski definition) is 2. The number of amides is 1. The van der Waals surface area contributed by atoms with E-state index in [-0.39, 0.29) is 11.7 Å². The Hall–Kier alpha value is -1.88. The van der Waals surface area contributed by atoms with Crippen LogP contribution in [-0.4, -0.2) is 24.6 Å². The van der Waals surface area contributed by atoms with Gasteiger partial charge >= 0.3 is 0 Å². The van der Waals surface area contributed by atoms with E-state index in [9.17, 15) is 9.18 Å². The summed E-state index contributed by atoms with van der Waals surface area (Å²) in [6.07, 6.45) is 3.21. The molecular formula is C16H21FN2O2. The molecule has 2 rings (SSSR count). The average molecular weight is 292 g/mol. The number of halogens is 1. The zero-order valence-corrected chi connectivity index (χ0v) is 12.2. The van der Waals surface area contributed by atoms with Gasteiger partial charge in [-0.2, -0.15) is 0 Å². The maximum atomic E-state index is 14.0. The summed E-state index contributed by atoms with van der Waals surface area (Å²) in [6.45, 7) is 6.11. The molecule has 1 aromatic carbocycles. The summed E-state index contributed by atoms with van der Waals surface area (Å²) in [6, 6.07) is 5.40. The number of ether oxygens (including phenoxy) is 1. The van der Waals surface area contributed by atoms with Crippen molar-refractivity contribution >= 4 is 5.91 Å². The Labute approximate surface area is 124 Å². The van der Waals surface area contributed by atoms with E-state index < -0.39 is 11.9 Å². The normalized spacial score (nSPS) is 15.3. The largest absolute Gasteiger partial charge is 0.478 e. The molecule has 0 bridgehead atoms. The Morgan fingerprint density at radius 1 is 1.57 bits per heavy atom. The lowest BCUT2D eigenvalue weighted by atomic mass is 10.2. The van der Waals surface area contributed by atoms with Gasteiger partial charge in [-0.1, -0.05) is 12.1 Å². The highest BCUT2D eigenvalue weighted by Gasteiger charge is 2.20. The minimum Gasteiger partial charge on any atom is -0.478 e. The van der Waals surface area contributed by atoms with Crippen molar-refractivity contribution in [3.8, 4) is 5.75 Å². The number of benzene rings is 1. The molecule has 2 N–H and O–H groups in total. The van der Waals surface area contributed by atoms with E-state index in [1.807, 2.05) is 6.07 Å². The van der Waals surface area contributed by atoms with Gasteiger partial charge in [0.1, 0.15) is 0 Å². The summed E-state index contributed by atoms with van der Waals surface area (Å²) in [7, 11) is 0. The Kier molecular flexibility index (Phi) is 5.33. The summed E-state index contributed by atoms with van der Waals surface area (Å²) >= 11 is 0. The molecule has 0 spiro atoms. The zero-order chi connectivity index (χ0) is 15.2. The van der Waals surface area contributed by atoms with E-state index in [0.717, 1.165) is 5.56 Å². The van der Waals surface area contributed by atoms with Gasteiger partial charge in [0.15, 0.2) is 17.7 Å². The molecule has 5 heteroatoms. The average Bonchev–Trinajstić information content (AvgIpc) is 3.29. The fraction of sp³-hybridized carbons (Fsp3) is 0.438. The van der Waals surface area contributed by atoms with Crippen LogP contribution in [0.1, 0.15) is 25.3 Å². The number of carbonyl (C=O) groups excluding carboxylic acids is 1. The van der Waals surface area contributed by atoms with E-state index in [4.69, 9.17) is 4.74 Å². The summed E-state index contributed by atoms with van der Waals surface area (Å²) < 4.78 is 19.3. The van der Waals surface area contributed by atoms with E-state index in [1.165, 1.54) is 18.9 Å². The van der Waals surface area contributed by atoms with Crippen molar-refractivity contribution in [2.24, 2.45) is 0 Å². The third-order valence-corrected chi connectivity index (χ3v) is 3.26. The molecule has 1 saturated carbocycles. The van der Waals surface area contributed by atoms with E-state index in [0.29, 0.717) is 19.1 Å². The van der Waals surface area contributed by atoms with Crippen LogP contribution >= 0.6 is 0 Å². The van der Waals surface area contributed by atoms with Crippen LogP contribution in [0.3, 0.4) is 0 Å². The molecule has 0 radical (unpaired) electrons. The predicted octanol–water partition coefficient (Wildman–Crippen LogP) is 2.15. The molecule has 4 nitrogen and oxygen atoms in total. The highest BCUT2D eigenvalue weighted by molar-refractivity contribution is 5.80. The molecule has 1 aromatic rings. The van der Waals surface area contributed by atoms with Crippen molar-refractivity contribution in [3.63, 3.8) is 0 Å². The van der Waals surface area contributed by atoms with Gasteiger partial charge in [0.2, 0.25) is 0 Å². The fourth-order valence-corrected chi connectivity index (χ4v) is 1.86. The monoisotopic (exact) mass is 292 g/mol. The second-order valence-corrected chi connectivity index (χ2v) is 5.21. The van der Waals surface area contributed by atoms with E-state index in [1.54, 1.807) is 19.1 Å². The Bertz CT molecular complexity index is 515. The van der Waals surface area contributed by atoms with Crippen molar-refractivity contribution in [1.82, 2.24) is 10.6 Å². The molecule has 1 aliphatic rings. The lowest BCUT2D eigenvalue weighted by molar-refractivity contribution is -0.127. The van der Waals surface area contributed by atoms with Gasteiger partial charge in [0.05, 0.1) is 0 Å². The van der Waals surface area contributed by atoms with Gasteiger partial charge in [0, 0.05) is 19.1 Å². The Balaban J connectivity index is 1.89. The molecule has 1 atom stereocenters. The number of nitrogens with one attached hydrogen (secondary N) is 2. The minimum absolute atomic E-state index is 0.0893. The second-order valence-electron chi connectivity index (χ2n) is 5.21. The summed E-state index contributed by atoms with van der Waals surface area (Å²) in [5.41, 5.74) is 0.871. The van der Waals surface area contributed by atoms with Gasteiger partial charge < -0.3 is 15.4 Å². The van der Waals surface area contributed by atoms with Gasteiger partial charge in [0.25, 0.3) is 5.91 Å². The highest BCUT2D eigenvalue weighted by atomic mass is 19.1. The van der Waals surface area contributed by atoms with Crippen molar-refractivity contribution < 1.29 is 13.9 Å². The van der Waals surface area contributed by atoms with Crippen LogP contribution in [0.5, 0.6) is 5.75 Å². The molecule has 1 amide bonds. The quantitative estimate of drug-likeness (QED) is 0.722. The molecule has 0 heterocycles. The molecule has 21 heavy (non-hydrogen) atoms. The number of rotatable bonds is 8. The predicted molar refractivity (Wildman–Crippen MR) is 79.6 cm³/mol. The van der Waals surface area contributed by atoms with Crippen molar-refractivity contribution in [3.05, 3.63) is 42.2 Å². The molecule has 0 aliphatic heterocycles. The maximum Gasteiger partial charge on any atom is 0.261 e. The Morgan fingerprint density at radius 2 is 2.33 bits per heavy atom. The van der Waals surface area contributed by atoms with Gasteiger partial charge in [-0.05, 0) is 37.5 Å². The standard InChI is InChI=1S/C16H21FN2O2/c1-3-8-18-16(20)11(2)21-15-7-4-12(9-14(15)17)10-19-13-5-6-13/h3-4,7,9,11,13,19H,1,5-6,8,10H2,2H3,(H,18,20). The van der Waals surface area contributed by atoms with E-state index >= 15 is 0 Å². The molecule has 1 aliphatic carbocycles. The first-order chi connectivity index (χ1) is 10.1. The first-order valence-corrected chi connectivity index (χ1v) is 7.17. The highest BCUT2D eigenvalue weighted by Crippen LogP contribution is 2.22. The van der Waals surface area contributed by atoms with Crippen LogP contribution < -0.4 is 15.4 Å². The van der Waals surface area contributed by atoms with E-state index in [2.05, 4.69) is 17.2 Å². The smallest absolute Gasteiger partial charge is 0.261 e. The van der Waals surface area contributed by atoms with Crippen LogP contribution in [0.4, 0.5) is 4.39 Å². The van der Waals surface area contributed by atoms with Gasteiger partial charge in [-0.25, -0.2) is 4.39 Å². The lowest BCUT2D eigenvalue weighted by Gasteiger charge is -2.15. The molecule has 114 valence electrons. The fourth-order valence-electron chi connectivity index (χ4n) is 1.86. The van der Waals surface area contributed by atoms with Crippen molar-refractivity contribution in [2.75, 3.05) is 6.54 Å². The van der Waals surface area contributed by atoms with Crippen LogP contribution in [0, 0.1) is 5.82 Å². The topological polar surface area (TPSA) is 50.4 Å². The summed E-state index contributed by atoms with van der Waals surface area (Å²) in [5.74, 6) is -0.659. The Morgan fingerprint density at radius 3 is 2.95 bits per heavy atom. The molecular weight excluding hydrogens is 271 g/mol. The van der Waals surface area contributed by atoms with Crippen LogP contribution in [-0.2, 0) is 11.3 Å². The zero-order valence-electron chi connectivity index (χ0n) is 12.2. The third kappa shape index (κ3) is 4.86. The number of carbonyl (C=O) groups is 1. The summed E-state index contributed by atoms with van der Waals surface area (Å²) in [4.78, 5) is 11.7. The maximum absolute atomic E-state index is 14.0. The van der Waals surface area contributed by atoms with Crippen molar-refractivity contribution in [1.29, 1.82) is 0 Å². The third-order valence-electron chi connectivity index (χ3n) is 3.26. The SMILES string of the molecule is C=CCNC(=O)C(C)Oc1ccc(CNC2CC2)cc1F. The molecule has 1 unspecified atom stereocenters. The van der Waals surface area contributed by atoms with Gasteiger partial charge in [-0.3, -0.25) is 4.79 Å². The van der Waals surface area contributed by atoms with Crippen LogP contribution in [0.2, 0.25) is 0 Å². The first-order valence-electron chi connectivity index (χ1n) is 7.17. The molecule has 0 aromatic heterocycles. The lowest BCUT2D eigenvalue weighted by Crippen LogP contribution is -2.36. The second kappa shape index (κ2) is 7.22. The van der Waals surface area contributed by atoms with Crippen LogP contribution in [0.15, 0.2) is 30.9 Å². The first kappa shape index (κ1) is 15.5. The molecule has 1 fully saturated rings. The van der Waals surface area contributed by atoms with Gasteiger partial charge in [-0.15, -0.1) is 6.58 Å². The summed E-state index contributed by atoms with van der Waals surface area (Å²) in [5, 5.41) is 5.93. The molecule has 0 saturated heterocycles. The van der Waals surface area contributed by atoms with Crippen molar-refractivity contribution in [2.45, 2.75) is 38.5 Å². The van der Waals surface area contributed by atoms with Crippen LogP contribution in [0.25, 0.3) is 0 Å².